The second kappa shape index (κ2) is 4.45. The van der Waals surface area contributed by atoms with Gasteiger partial charge in [0.25, 0.3) is 0 Å². The first-order chi connectivity index (χ1) is 7.27. The van der Waals surface area contributed by atoms with Gasteiger partial charge in [-0.3, -0.25) is 4.79 Å². The molecular weight excluding hydrogens is 190 g/mol. The summed E-state index contributed by atoms with van der Waals surface area (Å²) in [5, 5.41) is 12.1. The van der Waals surface area contributed by atoms with Gasteiger partial charge in [-0.1, -0.05) is 30.3 Å². The lowest BCUT2D eigenvalue weighted by atomic mass is 9.86. The number of carboxylic acids is 1. The molecule has 0 aliphatic carbocycles. The van der Waals surface area contributed by atoms with Crippen molar-refractivity contribution in [3.63, 3.8) is 0 Å². The fourth-order valence-electron chi connectivity index (χ4n) is 2.11. The van der Waals surface area contributed by atoms with Crippen molar-refractivity contribution in [3.05, 3.63) is 35.9 Å². The maximum absolute atomic E-state index is 10.9. The van der Waals surface area contributed by atoms with Gasteiger partial charge in [0.1, 0.15) is 0 Å². The topological polar surface area (TPSA) is 49.3 Å². The first-order valence-electron chi connectivity index (χ1n) is 5.26. The Bertz CT molecular complexity index is 337. The van der Waals surface area contributed by atoms with Crippen LogP contribution in [0.1, 0.15) is 17.9 Å². The highest BCUT2D eigenvalue weighted by molar-refractivity contribution is 5.70. The molecule has 1 aliphatic rings. The van der Waals surface area contributed by atoms with Gasteiger partial charge in [0, 0.05) is 13.1 Å². The Kier molecular flexibility index (Phi) is 3.02. The van der Waals surface area contributed by atoms with Gasteiger partial charge < -0.3 is 10.4 Å². The number of aliphatic carboxylic acids is 1. The van der Waals surface area contributed by atoms with E-state index in [0.29, 0.717) is 12.5 Å². The summed E-state index contributed by atoms with van der Waals surface area (Å²) in [6.07, 6.45) is 0.742. The predicted molar refractivity (Wildman–Crippen MR) is 57.8 cm³/mol. The van der Waals surface area contributed by atoms with Crippen molar-refractivity contribution in [2.75, 3.05) is 13.1 Å². The molecule has 0 unspecified atom stereocenters. The first-order valence-corrected chi connectivity index (χ1v) is 5.26. The molecule has 0 saturated carbocycles. The molecule has 1 aromatic rings. The lowest BCUT2D eigenvalue weighted by Crippen LogP contribution is -2.38. The number of carboxylic acid groups (broad SMARTS) is 1. The number of carbonyl (C=O) groups is 1. The molecule has 2 rings (SSSR count). The molecule has 3 heteroatoms. The smallest absolute Gasteiger partial charge is 0.307 e. The quantitative estimate of drug-likeness (QED) is 0.768. The normalized spacial score (nSPS) is 26.1. The third kappa shape index (κ3) is 2.36. The van der Waals surface area contributed by atoms with Gasteiger partial charge >= 0.3 is 5.97 Å². The number of rotatable bonds is 2. The van der Waals surface area contributed by atoms with Crippen molar-refractivity contribution in [2.45, 2.75) is 12.3 Å². The molecule has 0 radical (unpaired) electrons. The molecule has 1 saturated heterocycles. The number of nitrogens with one attached hydrogen (secondary N) is 1. The Balaban J connectivity index is 2.08. The van der Waals surface area contributed by atoms with Crippen molar-refractivity contribution in [3.8, 4) is 0 Å². The molecule has 0 amide bonds. The van der Waals surface area contributed by atoms with Gasteiger partial charge in [-0.15, -0.1) is 0 Å². The van der Waals surface area contributed by atoms with Crippen molar-refractivity contribution in [1.82, 2.24) is 5.32 Å². The van der Waals surface area contributed by atoms with Crippen molar-refractivity contribution in [1.29, 1.82) is 0 Å². The molecule has 80 valence electrons. The number of hydrogen-bond acceptors (Lipinski definition) is 2. The monoisotopic (exact) mass is 205 g/mol. The maximum Gasteiger partial charge on any atom is 0.307 e. The van der Waals surface area contributed by atoms with Crippen LogP contribution < -0.4 is 5.32 Å². The summed E-state index contributed by atoms with van der Waals surface area (Å²) in [6, 6.07) is 10.1. The first kappa shape index (κ1) is 10.2. The Hall–Kier alpha value is -1.35. The SMILES string of the molecule is O=C(O)[C@H]1CNC[C@@H](c2ccccc2)C1. The minimum absolute atomic E-state index is 0.246. The summed E-state index contributed by atoms with van der Waals surface area (Å²) in [4.78, 5) is 10.9. The average molecular weight is 205 g/mol. The molecule has 1 fully saturated rings. The number of hydrogen-bond donors (Lipinski definition) is 2. The minimum atomic E-state index is -0.692. The Labute approximate surface area is 89.1 Å². The molecule has 0 spiro atoms. The van der Waals surface area contributed by atoms with Gasteiger partial charge in [0.2, 0.25) is 0 Å². The van der Waals surface area contributed by atoms with Crippen LogP contribution in [0.3, 0.4) is 0 Å². The van der Waals surface area contributed by atoms with Gasteiger partial charge in [0.05, 0.1) is 5.92 Å². The second-order valence-electron chi connectivity index (χ2n) is 4.04. The lowest BCUT2D eigenvalue weighted by molar-refractivity contribution is -0.142. The van der Waals surface area contributed by atoms with Crippen molar-refractivity contribution < 1.29 is 9.90 Å². The summed E-state index contributed by atoms with van der Waals surface area (Å²) >= 11 is 0. The molecule has 1 aromatic carbocycles. The Morgan fingerprint density at radius 1 is 1.27 bits per heavy atom. The van der Waals surface area contributed by atoms with E-state index in [4.69, 9.17) is 5.11 Å². The van der Waals surface area contributed by atoms with Gasteiger partial charge in [-0.05, 0) is 17.9 Å². The maximum atomic E-state index is 10.9. The minimum Gasteiger partial charge on any atom is -0.481 e. The van der Waals surface area contributed by atoms with Crippen LogP contribution in [0, 0.1) is 5.92 Å². The molecule has 0 bridgehead atoms. The van der Waals surface area contributed by atoms with Gasteiger partial charge in [-0.2, -0.15) is 0 Å². The zero-order chi connectivity index (χ0) is 10.7. The number of benzene rings is 1. The summed E-state index contributed by atoms with van der Waals surface area (Å²) < 4.78 is 0. The van der Waals surface area contributed by atoms with E-state index in [2.05, 4.69) is 17.4 Å². The highest BCUT2D eigenvalue weighted by Crippen LogP contribution is 2.26. The van der Waals surface area contributed by atoms with Crippen LogP contribution in [-0.4, -0.2) is 24.2 Å². The average Bonchev–Trinajstić information content (AvgIpc) is 2.30. The summed E-state index contributed by atoms with van der Waals surface area (Å²) in [5.41, 5.74) is 1.23. The van der Waals surface area contributed by atoms with Crippen LogP contribution in [-0.2, 0) is 4.79 Å². The molecular formula is C12H15NO2. The van der Waals surface area contributed by atoms with E-state index in [-0.39, 0.29) is 5.92 Å². The van der Waals surface area contributed by atoms with E-state index >= 15 is 0 Å². The van der Waals surface area contributed by atoms with Crippen LogP contribution in [0.2, 0.25) is 0 Å². The third-order valence-corrected chi connectivity index (χ3v) is 2.97. The fourth-order valence-corrected chi connectivity index (χ4v) is 2.11. The number of piperidine rings is 1. The van der Waals surface area contributed by atoms with Gasteiger partial charge in [-0.25, -0.2) is 0 Å². The van der Waals surface area contributed by atoms with E-state index in [0.717, 1.165) is 13.0 Å². The largest absolute Gasteiger partial charge is 0.481 e. The standard InChI is InChI=1S/C12H15NO2/c14-12(15)11-6-10(7-13-8-11)9-4-2-1-3-5-9/h1-5,10-11,13H,6-8H2,(H,14,15)/t10-,11+/m0/s1. The van der Waals surface area contributed by atoms with Crippen LogP contribution >= 0.6 is 0 Å². The Morgan fingerprint density at radius 3 is 2.67 bits per heavy atom. The highest BCUT2D eigenvalue weighted by atomic mass is 16.4. The molecule has 15 heavy (non-hydrogen) atoms. The van der Waals surface area contributed by atoms with E-state index in [1.165, 1.54) is 5.56 Å². The highest BCUT2D eigenvalue weighted by Gasteiger charge is 2.27. The summed E-state index contributed by atoms with van der Waals surface area (Å²) in [7, 11) is 0. The third-order valence-electron chi connectivity index (χ3n) is 2.97. The summed E-state index contributed by atoms with van der Waals surface area (Å²) in [5.74, 6) is -0.604. The van der Waals surface area contributed by atoms with E-state index in [1.54, 1.807) is 0 Å². The zero-order valence-corrected chi connectivity index (χ0v) is 8.52. The van der Waals surface area contributed by atoms with E-state index in [1.807, 2.05) is 18.2 Å². The Morgan fingerprint density at radius 2 is 2.00 bits per heavy atom. The van der Waals surface area contributed by atoms with Crippen molar-refractivity contribution >= 4 is 5.97 Å². The molecule has 2 N–H and O–H groups in total. The van der Waals surface area contributed by atoms with Crippen LogP contribution in [0.5, 0.6) is 0 Å². The lowest BCUT2D eigenvalue weighted by Gasteiger charge is -2.27. The zero-order valence-electron chi connectivity index (χ0n) is 8.52. The van der Waals surface area contributed by atoms with Crippen molar-refractivity contribution in [2.24, 2.45) is 5.92 Å². The van der Waals surface area contributed by atoms with Gasteiger partial charge in [0.15, 0.2) is 0 Å². The second-order valence-corrected chi connectivity index (χ2v) is 4.04. The molecule has 1 aliphatic heterocycles. The van der Waals surface area contributed by atoms with E-state index in [9.17, 15) is 4.79 Å². The van der Waals surface area contributed by atoms with Crippen LogP contribution in [0.15, 0.2) is 30.3 Å². The van der Waals surface area contributed by atoms with Crippen LogP contribution in [0.4, 0.5) is 0 Å². The van der Waals surface area contributed by atoms with Crippen LogP contribution in [0.25, 0.3) is 0 Å². The summed E-state index contributed by atoms with van der Waals surface area (Å²) in [6.45, 7) is 1.48. The molecule has 0 aromatic heterocycles. The fraction of sp³-hybridized carbons (Fsp3) is 0.417. The molecule has 2 atom stereocenters. The molecule has 1 heterocycles. The molecule has 3 nitrogen and oxygen atoms in total. The van der Waals surface area contributed by atoms with E-state index < -0.39 is 5.97 Å². The predicted octanol–water partition coefficient (Wildman–Crippen LogP) is 1.46.